The zero-order chi connectivity index (χ0) is 25.4. The first-order chi connectivity index (χ1) is 17.3. The molecule has 36 heavy (non-hydrogen) atoms. The molecular weight excluding hydrogens is 467 g/mol. The van der Waals surface area contributed by atoms with Crippen LogP contribution in [0.4, 0.5) is 14.9 Å². The van der Waals surface area contributed by atoms with Crippen LogP contribution in [0.3, 0.4) is 0 Å². The molecule has 0 bridgehead atoms. The fourth-order valence-corrected chi connectivity index (χ4v) is 4.90. The number of anilines is 1. The van der Waals surface area contributed by atoms with Gasteiger partial charge in [-0.15, -0.1) is 0 Å². The summed E-state index contributed by atoms with van der Waals surface area (Å²) in [5.41, 5.74) is 0.0461. The molecule has 2 saturated heterocycles. The summed E-state index contributed by atoms with van der Waals surface area (Å²) in [6.45, 7) is 3.87. The van der Waals surface area contributed by atoms with E-state index < -0.39 is 5.60 Å². The van der Waals surface area contributed by atoms with E-state index in [1.165, 1.54) is 32.7 Å². The van der Waals surface area contributed by atoms with Crippen molar-refractivity contribution in [2.24, 2.45) is 0 Å². The lowest BCUT2D eigenvalue weighted by Crippen LogP contribution is -2.51. The number of hydrogen-bond acceptors (Lipinski definition) is 7. The SMILES string of the molecule is CN(C)C(=O)N1CCC(O)(Cn2cnc3c(cnn3-c3ccc(F)c(N4CCNCC4)c3)c2=O)CC1. The van der Waals surface area contributed by atoms with E-state index in [0.717, 1.165) is 13.1 Å². The Hall–Kier alpha value is -3.51. The molecule has 0 spiro atoms. The van der Waals surface area contributed by atoms with Gasteiger partial charge in [-0.05, 0) is 31.0 Å². The highest BCUT2D eigenvalue weighted by Gasteiger charge is 2.35. The predicted octanol–water partition coefficient (Wildman–Crippen LogP) is 0.639. The van der Waals surface area contributed by atoms with Gasteiger partial charge in [-0.3, -0.25) is 9.36 Å². The van der Waals surface area contributed by atoms with Crippen molar-refractivity contribution in [2.75, 3.05) is 58.3 Å². The van der Waals surface area contributed by atoms with Gasteiger partial charge in [0.25, 0.3) is 5.56 Å². The Bertz CT molecular complexity index is 1320. The molecule has 0 saturated carbocycles. The molecule has 3 aromatic rings. The van der Waals surface area contributed by atoms with Crippen molar-refractivity contribution < 1.29 is 14.3 Å². The summed E-state index contributed by atoms with van der Waals surface area (Å²) in [6, 6.07) is 4.66. The fraction of sp³-hybridized carbons (Fsp3) is 0.500. The second-order valence-electron chi connectivity index (χ2n) is 9.73. The number of likely N-dealkylation sites (tertiary alicyclic amines) is 1. The first-order valence-electron chi connectivity index (χ1n) is 12.1. The lowest BCUT2D eigenvalue weighted by molar-refractivity contribution is -0.0282. The molecule has 11 nitrogen and oxygen atoms in total. The number of nitrogens with zero attached hydrogens (tertiary/aromatic N) is 7. The monoisotopic (exact) mass is 498 g/mol. The number of amides is 2. The van der Waals surface area contributed by atoms with Gasteiger partial charge in [0.15, 0.2) is 5.65 Å². The molecule has 2 aliphatic rings. The Labute approximate surface area is 207 Å². The zero-order valence-electron chi connectivity index (χ0n) is 20.5. The summed E-state index contributed by atoms with van der Waals surface area (Å²) in [5, 5.41) is 19.1. The van der Waals surface area contributed by atoms with Crippen LogP contribution in [0, 0.1) is 5.82 Å². The number of urea groups is 1. The highest BCUT2D eigenvalue weighted by molar-refractivity contribution is 5.75. The van der Waals surface area contributed by atoms with Crippen molar-refractivity contribution in [3.63, 3.8) is 0 Å². The molecular formula is C24H31FN8O3. The van der Waals surface area contributed by atoms with Crippen molar-refractivity contribution >= 4 is 22.8 Å². The Morgan fingerprint density at radius 2 is 1.92 bits per heavy atom. The number of piperidine rings is 1. The molecule has 2 aromatic heterocycles. The van der Waals surface area contributed by atoms with Crippen LogP contribution in [0.25, 0.3) is 16.7 Å². The largest absolute Gasteiger partial charge is 0.388 e. The van der Waals surface area contributed by atoms with Crippen LogP contribution in [-0.4, -0.2) is 99.2 Å². The summed E-state index contributed by atoms with van der Waals surface area (Å²) in [4.78, 5) is 35.1. The first-order valence-corrected chi connectivity index (χ1v) is 12.1. The number of benzene rings is 1. The summed E-state index contributed by atoms with van der Waals surface area (Å²) in [6.07, 6.45) is 3.59. The zero-order valence-corrected chi connectivity index (χ0v) is 20.5. The average molecular weight is 499 g/mol. The number of carbonyl (C=O) groups excluding carboxylic acids is 1. The Balaban J connectivity index is 1.38. The van der Waals surface area contributed by atoms with E-state index in [9.17, 15) is 19.1 Å². The number of halogens is 1. The van der Waals surface area contributed by atoms with Gasteiger partial charge < -0.3 is 25.1 Å². The van der Waals surface area contributed by atoms with E-state index in [1.54, 1.807) is 31.1 Å². The Morgan fingerprint density at radius 1 is 1.19 bits per heavy atom. The van der Waals surface area contributed by atoms with Crippen molar-refractivity contribution in [2.45, 2.75) is 25.0 Å². The smallest absolute Gasteiger partial charge is 0.319 e. The van der Waals surface area contributed by atoms with Gasteiger partial charge in [0.2, 0.25) is 0 Å². The van der Waals surface area contributed by atoms with Gasteiger partial charge in [0.05, 0.1) is 29.7 Å². The Morgan fingerprint density at radius 3 is 2.61 bits per heavy atom. The molecule has 2 fully saturated rings. The fourth-order valence-electron chi connectivity index (χ4n) is 4.90. The van der Waals surface area contributed by atoms with Gasteiger partial charge in [-0.1, -0.05) is 0 Å². The van der Waals surface area contributed by atoms with Crippen LogP contribution in [-0.2, 0) is 6.54 Å². The number of nitrogens with one attached hydrogen (secondary N) is 1. The van der Waals surface area contributed by atoms with Gasteiger partial charge in [0, 0.05) is 53.4 Å². The lowest BCUT2D eigenvalue weighted by atomic mass is 9.91. The highest BCUT2D eigenvalue weighted by Crippen LogP contribution is 2.26. The number of carbonyl (C=O) groups is 1. The van der Waals surface area contributed by atoms with Crippen molar-refractivity contribution in [3.05, 3.63) is 46.9 Å². The Kier molecular flexibility index (Phi) is 6.39. The molecule has 4 heterocycles. The quantitative estimate of drug-likeness (QED) is 0.543. The number of aromatic nitrogens is 4. The standard InChI is InChI=1S/C24H31FN8O3/c1-29(2)23(35)31-9-5-24(36,6-10-31)15-32-16-27-21-18(22(32)34)14-28-33(21)17-3-4-19(25)20(13-17)30-11-7-26-8-12-30/h3-4,13-14,16,26,36H,5-12,15H2,1-2H3. The van der Waals surface area contributed by atoms with Gasteiger partial charge >= 0.3 is 6.03 Å². The molecule has 2 amide bonds. The molecule has 12 heteroatoms. The minimum absolute atomic E-state index is 0.0770. The minimum Gasteiger partial charge on any atom is -0.388 e. The third kappa shape index (κ3) is 4.53. The third-order valence-corrected chi connectivity index (χ3v) is 7.00. The highest BCUT2D eigenvalue weighted by atomic mass is 19.1. The van der Waals surface area contributed by atoms with E-state index >= 15 is 0 Å². The molecule has 192 valence electrons. The number of aliphatic hydroxyl groups is 1. The van der Waals surface area contributed by atoms with Crippen molar-refractivity contribution in [3.8, 4) is 5.69 Å². The van der Waals surface area contributed by atoms with E-state index in [-0.39, 0.29) is 24.0 Å². The van der Waals surface area contributed by atoms with Crippen LogP contribution in [0.2, 0.25) is 0 Å². The van der Waals surface area contributed by atoms with Crippen molar-refractivity contribution in [1.29, 1.82) is 0 Å². The van der Waals surface area contributed by atoms with E-state index in [1.807, 2.05) is 4.90 Å². The van der Waals surface area contributed by atoms with Crippen molar-refractivity contribution in [1.82, 2.24) is 34.4 Å². The molecule has 0 atom stereocenters. The molecule has 0 aliphatic carbocycles. The first kappa shape index (κ1) is 24.2. The maximum atomic E-state index is 14.6. The molecule has 5 rings (SSSR count). The summed E-state index contributed by atoms with van der Waals surface area (Å²) < 4.78 is 17.5. The van der Waals surface area contributed by atoms with Crippen LogP contribution in [0.5, 0.6) is 0 Å². The maximum absolute atomic E-state index is 14.6. The van der Waals surface area contributed by atoms with Gasteiger partial charge in [-0.25, -0.2) is 18.9 Å². The summed E-state index contributed by atoms with van der Waals surface area (Å²) >= 11 is 0. The minimum atomic E-state index is -1.12. The number of hydrogen-bond donors (Lipinski definition) is 2. The normalized spacial score (nSPS) is 18.0. The van der Waals surface area contributed by atoms with Crippen LogP contribution in [0.1, 0.15) is 12.8 Å². The third-order valence-electron chi connectivity index (χ3n) is 7.00. The second-order valence-corrected chi connectivity index (χ2v) is 9.73. The summed E-state index contributed by atoms with van der Waals surface area (Å²) in [5.74, 6) is -0.306. The molecule has 0 radical (unpaired) electrons. The topological polar surface area (TPSA) is 112 Å². The van der Waals surface area contributed by atoms with Gasteiger partial charge in [0.1, 0.15) is 17.5 Å². The van der Waals surface area contributed by atoms with Crippen LogP contribution >= 0.6 is 0 Å². The van der Waals surface area contributed by atoms with Gasteiger partial charge in [-0.2, -0.15) is 5.10 Å². The molecule has 1 aromatic carbocycles. The maximum Gasteiger partial charge on any atom is 0.319 e. The molecule has 0 unspecified atom stereocenters. The summed E-state index contributed by atoms with van der Waals surface area (Å²) in [7, 11) is 3.39. The van der Waals surface area contributed by atoms with Crippen LogP contribution < -0.4 is 15.8 Å². The van der Waals surface area contributed by atoms with E-state index in [4.69, 9.17) is 0 Å². The predicted molar refractivity (Wildman–Crippen MR) is 133 cm³/mol. The molecule has 2 N–H and O–H groups in total. The lowest BCUT2D eigenvalue weighted by Gasteiger charge is -2.39. The van der Waals surface area contributed by atoms with E-state index in [0.29, 0.717) is 61.4 Å². The average Bonchev–Trinajstić information content (AvgIpc) is 3.31. The molecule has 2 aliphatic heterocycles. The van der Waals surface area contributed by atoms with Crippen LogP contribution in [0.15, 0.2) is 35.5 Å². The number of piperazine rings is 1. The number of rotatable bonds is 4. The van der Waals surface area contributed by atoms with E-state index in [2.05, 4.69) is 15.4 Å². The number of fused-ring (bicyclic) bond motifs is 1. The second kappa shape index (κ2) is 9.51.